The fraction of sp³-hybridized carbons (Fsp3) is 0.125. The number of hydrogen-bond donors (Lipinski definition) is 1. The van der Waals surface area contributed by atoms with Crippen LogP contribution in [0, 0.1) is 5.82 Å². The van der Waals surface area contributed by atoms with E-state index in [9.17, 15) is 18.8 Å². The molecule has 0 saturated carbocycles. The second kappa shape index (κ2) is 9.60. The quantitative estimate of drug-likeness (QED) is 0.482. The smallest absolute Gasteiger partial charge is 0.328 e. The average molecular weight is 405 g/mol. The number of methoxy groups -OCH3 is 1. The Kier molecular flexibility index (Phi) is 6.70. The normalized spacial score (nSPS) is 11.4. The predicted octanol–water partition coefficient (Wildman–Crippen LogP) is 3.57. The molecular formula is C24H20FNO4. The van der Waals surface area contributed by atoms with E-state index >= 15 is 0 Å². The molecule has 0 aliphatic heterocycles. The minimum absolute atomic E-state index is 0.101. The van der Waals surface area contributed by atoms with E-state index in [4.69, 9.17) is 4.74 Å². The zero-order valence-corrected chi connectivity index (χ0v) is 16.3. The van der Waals surface area contributed by atoms with Gasteiger partial charge in [-0.15, -0.1) is 0 Å². The van der Waals surface area contributed by atoms with Gasteiger partial charge in [-0.05, 0) is 29.8 Å². The van der Waals surface area contributed by atoms with Crippen LogP contribution in [0.1, 0.15) is 31.8 Å². The number of benzene rings is 3. The molecule has 0 radical (unpaired) electrons. The first-order chi connectivity index (χ1) is 14.5. The molecule has 0 aromatic heterocycles. The highest BCUT2D eigenvalue weighted by atomic mass is 19.1. The third-order valence-electron chi connectivity index (χ3n) is 4.59. The molecule has 152 valence electrons. The van der Waals surface area contributed by atoms with Crippen LogP contribution in [0.3, 0.4) is 0 Å². The van der Waals surface area contributed by atoms with Crippen molar-refractivity contribution in [3.63, 3.8) is 0 Å². The van der Waals surface area contributed by atoms with Crippen molar-refractivity contribution in [1.29, 1.82) is 0 Å². The van der Waals surface area contributed by atoms with Gasteiger partial charge in [0, 0.05) is 23.1 Å². The van der Waals surface area contributed by atoms with Gasteiger partial charge in [0.05, 0.1) is 7.11 Å². The van der Waals surface area contributed by atoms with E-state index in [1.165, 1.54) is 31.4 Å². The van der Waals surface area contributed by atoms with Crippen LogP contribution in [0.15, 0.2) is 78.9 Å². The Hall–Kier alpha value is -3.80. The Labute approximate surface area is 173 Å². The van der Waals surface area contributed by atoms with Gasteiger partial charge in [0.15, 0.2) is 5.78 Å². The van der Waals surface area contributed by atoms with Crippen molar-refractivity contribution in [2.24, 2.45) is 0 Å². The van der Waals surface area contributed by atoms with Crippen LogP contribution in [0.25, 0.3) is 0 Å². The van der Waals surface area contributed by atoms with E-state index in [1.54, 1.807) is 48.5 Å². The number of nitrogens with one attached hydrogen (secondary N) is 1. The number of halogens is 1. The van der Waals surface area contributed by atoms with Crippen LogP contribution in [0.2, 0.25) is 0 Å². The van der Waals surface area contributed by atoms with Gasteiger partial charge >= 0.3 is 5.97 Å². The molecule has 1 atom stereocenters. The Bertz CT molecular complexity index is 1030. The van der Waals surface area contributed by atoms with Gasteiger partial charge < -0.3 is 10.1 Å². The highest BCUT2D eigenvalue weighted by Crippen LogP contribution is 2.13. The number of amides is 1. The molecule has 0 aliphatic carbocycles. The first-order valence-electron chi connectivity index (χ1n) is 9.31. The lowest BCUT2D eigenvalue weighted by molar-refractivity contribution is -0.142. The summed E-state index contributed by atoms with van der Waals surface area (Å²) in [5.74, 6) is -1.67. The molecule has 5 nitrogen and oxygen atoms in total. The third-order valence-corrected chi connectivity index (χ3v) is 4.59. The maximum absolute atomic E-state index is 13.1. The van der Waals surface area contributed by atoms with E-state index in [1.807, 2.05) is 6.07 Å². The van der Waals surface area contributed by atoms with Crippen molar-refractivity contribution in [2.45, 2.75) is 12.5 Å². The predicted molar refractivity (Wildman–Crippen MR) is 110 cm³/mol. The van der Waals surface area contributed by atoms with E-state index in [0.29, 0.717) is 11.1 Å². The standard InChI is InChI=1S/C24H20FNO4/c1-30-24(29)21(26-23(28)19-11-13-20(25)14-12-19)15-16-7-9-18(10-8-16)22(27)17-5-3-2-4-6-17/h2-14,21H,15H2,1H3,(H,26,28)/t21-/m1/s1. The van der Waals surface area contributed by atoms with Gasteiger partial charge in [-0.1, -0.05) is 54.6 Å². The van der Waals surface area contributed by atoms with Crippen LogP contribution in [-0.4, -0.2) is 30.8 Å². The van der Waals surface area contributed by atoms with Crippen molar-refractivity contribution in [2.75, 3.05) is 7.11 Å². The van der Waals surface area contributed by atoms with Crippen molar-refractivity contribution >= 4 is 17.7 Å². The molecule has 0 aliphatic rings. The van der Waals surface area contributed by atoms with Gasteiger partial charge in [-0.3, -0.25) is 9.59 Å². The largest absolute Gasteiger partial charge is 0.467 e. The summed E-state index contributed by atoms with van der Waals surface area (Å²) in [5, 5.41) is 2.61. The fourth-order valence-electron chi connectivity index (χ4n) is 2.96. The molecule has 0 heterocycles. The summed E-state index contributed by atoms with van der Waals surface area (Å²) in [5.41, 5.74) is 2.09. The lowest BCUT2D eigenvalue weighted by Gasteiger charge is -2.17. The Balaban J connectivity index is 1.72. The molecule has 0 bridgehead atoms. The third kappa shape index (κ3) is 5.17. The molecule has 3 aromatic rings. The lowest BCUT2D eigenvalue weighted by atomic mass is 9.99. The first-order valence-corrected chi connectivity index (χ1v) is 9.31. The molecule has 0 unspecified atom stereocenters. The second-order valence-corrected chi connectivity index (χ2v) is 6.65. The van der Waals surface area contributed by atoms with E-state index in [0.717, 1.165) is 5.56 Å². The minimum Gasteiger partial charge on any atom is -0.467 e. The monoisotopic (exact) mass is 405 g/mol. The van der Waals surface area contributed by atoms with Gasteiger partial charge in [0.1, 0.15) is 11.9 Å². The zero-order valence-electron chi connectivity index (χ0n) is 16.3. The highest BCUT2D eigenvalue weighted by molar-refractivity contribution is 6.08. The highest BCUT2D eigenvalue weighted by Gasteiger charge is 2.23. The first kappa shape index (κ1) is 20.9. The molecule has 1 amide bonds. The summed E-state index contributed by atoms with van der Waals surface area (Å²) in [6.45, 7) is 0. The molecule has 0 fully saturated rings. The van der Waals surface area contributed by atoms with Crippen LogP contribution in [-0.2, 0) is 16.0 Å². The van der Waals surface area contributed by atoms with Crippen molar-refractivity contribution < 1.29 is 23.5 Å². The molecule has 6 heteroatoms. The molecule has 30 heavy (non-hydrogen) atoms. The van der Waals surface area contributed by atoms with Crippen molar-refractivity contribution in [3.8, 4) is 0 Å². The summed E-state index contributed by atoms with van der Waals surface area (Å²) < 4.78 is 17.8. The van der Waals surface area contributed by atoms with Crippen LogP contribution < -0.4 is 5.32 Å². The summed E-state index contributed by atoms with van der Waals surface area (Å²) in [4.78, 5) is 37.0. The average Bonchev–Trinajstić information content (AvgIpc) is 2.79. The molecule has 3 aromatic carbocycles. The van der Waals surface area contributed by atoms with Gasteiger partial charge in [0.2, 0.25) is 0 Å². The van der Waals surface area contributed by atoms with Gasteiger partial charge in [-0.25, -0.2) is 9.18 Å². The topological polar surface area (TPSA) is 72.5 Å². The maximum atomic E-state index is 13.1. The number of ether oxygens (including phenoxy) is 1. The molecular weight excluding hydrogens is 385 g/mol. The zero-order chi connectivity index (χ0) is 21.5. The Morgan fingerprint density at radius 1 is 0.833 bits per heavy atom. The SMILES string of the molecule is COC(=O)[C@@H](Cc1ccc(C(=O)c2ccccc2)cc1)NC(=O)c1ccc(F)cc1. The number of ketones is 1. The Morgan fingerprint density at radius 3 is 2.00 bits per heavy atom. The number of carbonyl (C=O) groups is 3. The fourth-order valence-corrected chi connectivity index (χ4v) is 2.96. The van der Waals surface area contributed by atoms with Crippen molar-refractivity contribution in [1.82, 2.24) is 5.32 Å². The summed E-state index contributed by atoms with van der Waals surface area (Å²) in [6, 6.07) is 19.8. The second-order valence-electron chi connectivity index (χ2n) is 6.65. The maximum Gasteiger partial charge on any atom is 0.328 e. The molecule has 1 N–H and O–H groups in total. The van der Waals surface area contributed by atoms with Gasteiger partial charge in [0.25, 0.3) is 5.91 Å². The summed E-state index contributed by atoms with van der Waals surface area (Å²) >= 11 is 0. The summed E-state index contributed by atoms with van der Waals surface area (Å²) in [6.07, 6.45) is 0.180. The summed E-state index contributed by atoms with van der Waals surface area (Å²) in [7, 11) is 1.24. The number of hydrogen-bond acceptors (Lipinski definition) is 4. The van der Waals surface area contributed by atoms with E-state index < -0.39 is 23.7 Å². The van der Waals surface area contributed by atoms with E-state index in [2.05, 4.69) is 5.32 Å². The van der Waals surface area contributed by atoms with Crippen LogP contribution in [0.4, 0.5) is 4.39 Å². The molecule has 3 rings (SSSR count). The number of rotatable bonds is 7. The molecule has 0 saturated heterocycles. The minimum atomic E-state index is -0.928. The number of esters is 1. The lowest BCUT2D eigenvalue weighted by Crippen LogP contribution is -2.43. The van der Waals surface area contributed by atoms with Crippen LogP contribution >= 0.6 is 0 Å². The van der Waals surface area contributed by atoms with E-state index in [-0.39, 0.29) is 17.8 Å². The Morgan fingerprint density at radius 2 is 1.40 bits per heavy atom. The molecule has 0 spiro atoms. The number of carbonyl (C=O) groups excluding carboxylic acids is 3. The van der Waals surface area contributed by atoms with Crippen molar-refractivity contribution in [3.05, 3.63) is 107 Å². The van der Waals surface area contributed by atoms with Gasteiger partial charge in [-0.2, -0.15) is 0 Å². The van der Waals surface area contributed by atoms with Crippen LogP contribution in [0.5, 0.6) is 0 Å².